The summed E-state index contributed by atoms with van der Waals surface area (Å²) < 4.78 is 47.0. The van der Waals surface area contributed by atoms with E-state index >= 15 is 0 Å². The fourth-order valence-corrected chi connectivity index (χ4v) is 3.50. The summed E-state index contributed by atoms with van der Waals surface area (Å²) in [6.07, 6.45) is 2.19. The zero-order valence-corrected chi connectivity index (χ0v) is 17.4. The van der Waals surface area contributed by atoms with Crippen LogP contribution in [0.4, 0.5) is 18.9 Å². The maximum Gasteiger partial charge on any atom is 0.234 e. The van der Waals surface area contributed by atoms with Gasteiger partial charge in [0.15, 0.2) is 22.6 Å². The van der Waals surface area contributed by atoms with Gasteiger partial charge in [-0.3, -0.25) is 4.79 Å². The second-order valence-corrected chi connectivity index (χ2v) is 7.33. The van der Waals surface area contributed by atoms with Crippen molar-refractivity contribution in [2.45, 2.75) is 18.1 Å². The number of carbonyl (C=O) groups excluding carboxylic acids is 1. The summed E-state index contributed by atoms with van der Waals surface area (Å²) in [4.78, 5) is 12.2. The number of hydrogen-bond acceptors (Lipinski definition) is 5. The molecule has 10 heteroatoms. The van der Waals surface area contributed by atoms with Crippen molar-refractivity contribution >= 4 is 23.4 Å². The van der Waals surface area contributed by atoms with Gasteiger partial charge in [0.25, 0.3) is 0 Å². The molecule has 0 aliphatic rings. The molecule has 0 bridgehead atoms. The van der Waals surface area contributed by atoms with Crippen molar-refractivity contribution in [2.75, 3.05) is 18.2 Å². The third kappa shape index (κ3) is 5.46. The Labute approximate surface area is 181 Å². The number of rotatable bonds is 9. The summed E-state index contributed by atoms with van der Waals surface area (Å²) in [5.74, 6) is -3.72. The van der Waals surface area contributed by atoms with E-state index < -0.39 is 29.0 Å². The van der Waals surface area contributed by atoms with E-state index in [1.165, 1.54) is 0 Å². The highest BCUT2D eigenvalue weighted by molar-refractivity contribution is 7.99. The van der Waals surface area contributed by atoms with Gasteiger partial charge in [-0.05, 0) is 29.8 Å². The fourth-order valence-electron chi connectivity index (χ4n) is 2.73. The van der Waals surface area contributed by atoms with Crippen molar-refractivity contribution in [2.24, 2.45) is 0 Å². The Balaban J connectivity index is 1.67. The number of amides is 1. The number of aromatic nitrogens is 3. The third-order valence-electron chi connectivity index (χ3n) is 4.27. The Morgan fingerprint density at radius 2 is 1.90 bits per heavy atom. The summed E-state index contributed by atoms with van der Waals surface area (Å²) in [6, 6.07) is 9.24. The highest BCUT2D eigenvalue weighted by Gasteiger charge is 2.17. The zero-order chi connectivity index (χ0) is 22.4. The normalized spacial score (nSPS) is 10.7. The van der Waals surface area contributed by atoms with Crippen LogP contribution in [-0.2, 0) is 17.8 Å². The standard InChI is InChI=1S/C21H19F3N4O2S/c1-3-10-28-17(11-13-4-6-14(30-2)7-5-13)26-27-21(28)31-12-18(29)25-16-9-8-15(22)19(23)20(16)24/h3-9H,1,10-12H2,2H3,(H,25,29). The molecule has 3 aromatic rings. The molecule has 0 radical (unpaired) electrons. The molecule has 0 fully saturated rings. The topological polar surface area (TPSA) is 69.0 Å². The number of halogens is 3. The lowest BCUT2D eigenvalue weighted by Gasteiger charge is -2.09. The summed E-state index contributed by atoms with van der Waals surface area (Å²) >= 11 is 1.08. The van der Waals surface area contributed by atoms with Gasteiger partial charge < -0.3 is 14.6 Å². The van der Waals surface area contributed by atoms with Crippen molar-refractivity contribution in [3.8, 4) is 5.75 Å². The Bertz CT molecular complexity index is 1090. The zero-order valence-electron chi connectivity index (χ0n) is 16.6. The van der Waals surface area contributed by atoms with Gasteiger partial charge >= 0.3 is 0 Å². The lowest BCUT2D eigenvalue weighted by Crippen LogP contribution is -2.16. The number of anilines is 1. The van der Waals surface area contributed by atoms with Crippen molar-refractivity contribution in [3.63, 3.8) is 0 Å². The minimum absolute atomic E-state index is 0.129. The van der Waals surface area contributed by atoms with Crippen LogP contribution in [0.3, 0.4) is 0 Å². The summed E-state index contributed by atoms with van der Waals surface area (Å²) in [5.41, 5.74) is 0.568. The molecule has 0 saturated carbocycles. The van der Waals surface area contributed by atoms with Crippen LogP contribution in [0.5, 0.6) is 5.75 Å². The first kappa shape index (κ1) is 22.4. The Morgan fingerprint density at radius 3 is 2.58 bits per heavy atom. The van der Waals surface area contributed by atoms with Crippen LogP contribution in [0.15, 0.2) is 54.2 Å². The van der Waals surface area contributed by atoms with Crippen LogP contribution in [-0.4, -0.2) is 33.5 Å². The second-order valence-electron chi connectivity index (χ2n) is 6.38. The molecular weight excluding hydrogens is 429 g/mol. The Morgan fingerprint density at radius 1 is 1.16 bits per heavy atom. The van der Waals surface area contributed by atoms with Crippen LogP contribution in [0.25, 0.3) is 0 Å². The smallest absolute Gasteiger partial charge is 0.234 e. The van der Waals surface area contributed by atoms with E-state index in [0.717, 1.165) is 35.2 Å². The highest BCUT2D eigenvalue weighted by atomic mass is 32.2. The fraction of sp³-hybridized carbons (Fsp3) is 0.190. The first-order valence-corrected chi connectivity index (χ1v) is 10.1. The minimum Gasteiger partial charge on any atom is -0.497 e. The average molecular weight is 448 g/mol. The van der Waals surface area contributed by atoms with Gasteiger partial charge in [0.05, 0.1) is 18.6 Å². The summed E-state index contributed by atoms with van der Waals surface area (Å²) in [7, 11) is 1.59. The molecule has 162 valence electrons. The number of allylic oxidation sites excluding steroid dienone is 1. The summed E-state index contributed by atoms with van der Waals surface area (Å²) in [6.45, 7) is 4.17. The highest BCUT2D eigenvalue weighted by Crippen LogP contribution is 2.22. The molecule has 0 atom stereocenters. The number of nitrogens with zero attached hydrogens (tertiary/aromatic N) is 3. The molecule has 1 aromatic heterocycles. The predicted molar refractivity (Wildman–Crippen MR) is 112 cm³/mol. The maximum atomic E-state index is 13.7. The van der Waals surface area contributed by atoms with Crippen molar-refractivity contribution in [1.82, 2.24) is 14.8 Å². The number of ether oxygens (including phenoxy) is 1. The molecule has 0 saturated heterocycles. The molecule has 2 aromatic carbocycles. The van der Waals surface area contributed by atoms with Gasteiger partial charge in [-0.15, -0.1) is 16.8 Å². The number of nitrogens with one attached hydrogen (secondary N) is 1. The van der Waals surface area contributed by atoms with Crippen LogP contribution >= 0.6 is 11.8 Å². The summed E-state index contributed by atoms with van der Waals surface area (Å²) in [5, 5.41) is 11.0. The van der Waals surface area contributed by atoms with Crippen LogP contribution < -0.4 is 10.1 Å². The van der Waals surface area contributed by atoms with E-state index in [0.29, 0.717) is 23.9 Å². The van der Waals surface area contributed by atoms with Gasteiger partial charge in [0, 0.05) is 13.0 Å². The quantitative estimate of drug-likeness (QED) is 0.302. The Kier molecular flexibility index (Phi) is 7.35. The molecule has 0 aliphatic heterocycles. The largest absolute Gasteiger partial charge is 0.497 e. The number of methoxy groups -OCH3 is 1. The molecule has 6 nitrogen and oxygen atoms in total. The van der Waals surface area contributed by atoms with Crippen LogP contribution in [0.1, 0.15) is 11.4 Å². The number of benzene rings is 2. The number of carbonyl (C=O) groups is 1. The van der Waals surface area contributed by atoms with Gasteiger partial charge in [0.1, 0.15) is 11.6 Å². The monoisotopic (exact) mass is 448 g/mol. The molecular formula is C21H19F3N4O2S. The molecule has 31 heavy (non-hydrogen) atoms. The predicted octanol–water partition coefficient (Wildman–Crippen LogP) is 4.21. The average Bonchev–Trinajstić information content (AvgIpc) is 3.15. The Hall–Kier alpha value is -3.27. The van der Waals surface area contributed by atoms with E-state index in [-0.39, 0.29) is 5.75 Å². The lowest BCUT2D eigenvalue weighted by atomic mass is 10.1. The first-order chi connectivity index (χ1) is 14.9. The maximum absolute atomic E-state index is 13.7. The van der Waals surface area contributed by atoms with E-state index in [9.17, 15) is 18.0 Å². The van der Waals surface area contributed by atoms with E-state index in [4.69, 9.17) is 4.74 Å². The molecule has 1 N–H and O–H groups in total. The first-order valence-electron chi connectivity index (χ1n) is 9.15. The lowest BCUT2D eigenvalue weighted by molar-refractivity contribution is -0.113. The van der Waals surface area contributed by atoms with Crippen LogP contribution in [0, 0.1) is 17.5 Å². The van der Waals surface area contributed by atoms with E-state index in [1.54, 1.807) is 13.2 Å². The van der Waals surface area contributed by atoms with Crippen molar-refractivity contribution < 1.29 is 22.7 Å². The van der Waals surface area contributed by atoms with E-state index in [2.05, 4.69) is 22.1 Å². The minimum atomic E-state index is -1.64. The van der Waals surface area contributed by atoms with Crippen molar-refractivity contribution in [1.29, 1.82) is 0 Å². The molecule has 3 rings (SSSR count). The molecule has 0 spiro atoms. The second kappa shape index (κ2) is 10.2. The SMILES string of the molecule is C=CCn1c(Cc2ccc(OC)cc2)nnc1SCC(=O)Nc1ccc(F)c(F)c1F. The van der Waals surface area contributed by atoms with Crippen LogP contribution in [0.2, 0.25) is 0 Å². The van der Waals surface area contributed by atoms with Crippen molar-refractivity contribution in [3.05, 3.63) is 77.9 Å². The van der Waals surface area contributed by atoms with Gasteiger partial charge in [-0.25, -0.2) is 13.2 Å². The molecule has 1 heterocycles. The van der Waals surface area contributed by atoms with Gasteiger partial charge in [-0.1, -0.05) is 30.0 Å². The number of hydrogen-bond donors (Lipinski definition) is 1. The van der Waals surface area contributed by atoms with E-state index in [1.807, 2.05) is 28.8 Å². The number of thioether (sulfide) groups is 1. The molecule has 0 aliphatic carbocycles. The molecule has 0 unspecified atom stereocenters. The molecule has 1 amide bonds. The third-order valence-corrected chi connectivity index (χ3v) is 5.23. The van der Waals surface area contributed by atoms with Gasteiger partial charge in [-0.2, -0.15) is 0 Å². The van der Waals surface area contributed by atoms with Gasteiger partial charge in [0.2, 0.25) is 5.91 Å².